The molecule has 1 aliphatic heterocycles. The fraction of sp³-hybridized carbons (Fsp3) is 0.467. The first-order chi connectivity index (χ1) is 11.1. The van der Waals surface area contributed by atoms with E-state index >= 15 is 0 Å². The topological polar surface area (TPSA) is 83.4 Å². The number of carbonyl (C=O) groups excluding carboxylic acids is 1. The second kappa shape index (κ2) is 8.85. The first-order valence-electron chi connectivity index (χ1n) is 7.37. The highest BCUT2D eigenvalue weighted by Crippen LogP contribution is 2.31. The number of hydrogen-bond acceptors (Lipinski definition) is 6. The predicted molar refractivity (Wildman–Crippen MR) is 90.0 cm³/mol. The average Bonchev–Trinajstić information content (AvgIpc) is 2.52. The highest BCUT2D eigenvalue weighted by Gasteiger charge is 2.13. The lowest BCUT2D eigenvalue weighted by atomic mass is 10.2. The van der Waals surface area contributed by atoms with Gasteiger partial charge >= 0.3 is 0 Å². The summed E-state index contributed by atoms with van der Waals surface area (Å²) in [7, 11) is 0. The van der Waals surface area contributed by atoms with Crippen LogP contribution in [0.3, 0.4) is 0 Å². The molecule has 8 heteroatoms. The predicted octanol–water partition coefficient (Wildman–Crippen LogP) is 1.34. The maximum atomic E-state index is 11.8. The average molecular weight is 386 g/mol. The van der Waals surface area contributed by atoms with Gasteiger partial charge in [0.25, 0.3) is 5.91 Å². The minimum atomic E-state index is -0.178. The Morgan fingerprint density at radius 3 is 2.96 bits per heavy atom. The van der Waals surface area contributed by atoms with E-state index in [2.05, 4.69) is 26.5 Å². The molecule has 1 fully saturated rings. The van der Waals surface area contributed by atoms with Gasteiger partial charge in [-0.3, -0.25) is 9.69 Å². The fourth-order valence-electron chi connectivity index (χ4n) is 2.10. The summed E-state index contributed by atoms with van der Waals surface area (Å²) in [5.74, 6) is 0.243. The second-order valence-electron chi connectivity index (χ2n) is 4.96. The highest BCUT2D eigenvalue weighted by atomic mass is 79.9. The molecule has 0 saturated carbocycles. The van der Waals surface area contributed by atoms with Gasteiger partial charge in [0, 0.05) is 23.1 Å². The van der Waals surface area contributed by atoms with Crippen LogP contribution in [-0.4, -0.2) is 61.6 Å². The van der Waals surface area contributed by atoms with E-state index in [0.717, 1.165) is 13.1 Å². The molecule has 1 amide bonds. The number of carbonyl (C=O) groups is 1. The molecule has 0 aliphatic carbocycles. The Morgan fingerprint density at radius 1 is 1.52 bits per heavy atom. The Morgan fingerprint density at radius 2 is 2.26 bits per heavy atom. The van der Waals surface area contributed by atoms with Crippen LogP contribution in [0.15, 0.2) is 21.7 Å². The number of phenolic OH excluding ortho intramolecular Hbond substituents is 1. The molecule has 2 N–H and O–H groups in total. The normalized spacial score (nSPS) is 15.7. The van der Waals surface area contributed by atoms with E-state index < -0.39 is 0 Å². The van der Waals surface area contributed by atoms with Crippen molar-refractivity contribution >= 4 is 28.1 Å². The van der Waals surface area contributed by atoms with E-state index in [1.54, 1.807) is 6.07 Å². The van der Waals surface area contributed by atoms with Crippen LogP contribution in [0.4, 0.5) is 0 Å². The van der Waals surface area contributed by atoms with Crippen molar-refractivity contribution in [2.24, 2.45) is 5.10 Å². The van der Waals surface area contributed by atoms with Crippen LogP contribution in [0, 0.1) is 0 Å². The van der Waals surface area contributed by atoms with Gasteiger partial charge in [-0.15, -0.1) is 0 Å². The Kier molecular flexibility index (Phi) is 6.82. The third-order valence-electron chi connectivity index (χ3n) is 3.24. The molecule has 0 atom stereocenters. The summed E-state index contributed by atoms with van der Waals surface area (Å²) < 4.78 is 11.2. The van der Waals surface area contributed by atoms with E-state index in [1.807, 2.05) is 11.8 Å². The van der Waals surface area contributed by atoms with Crippen LogP contribution in [0.25, 0.3) is 0 Å². The molecular weight excluding hydrogens is 366 g/mol. The van der Waals surface area contributed by atoms with Crippen LogP contribution in [0.5, 0.6) is 11.5 Å². The first kappa shape index (κ1) is 17.7. The summed E-state index contributed by atoms with van der Waals surface area (Å²) in [6, 6.07) is 3.18. The van der Waals surface area contributed by atoms with Crippen molar-refractivity contribution in [1.82, 2.24) is 10.3 Å². The van der Waals surface area contributed by atoms with E-state index in [4.69, 9.17) is 9.47 Å². The standard InChI is InChI=1S/C15H20BrN3O4/c1-2-23-14-7-11(12(16)8-13(14)20)9-17-18-15(21)10-19-3-5-22-6-4-19/h7-9,20H,2-6,10H2,1H3,(H,18,21). The number of phenols is 1. The van der Waals surface area contributed by atoms with Crippen molar-refractivity contribution in [3.8, 4) is 11.5 Å². The first-order valence-corrected chi connectivity index (χ1v) is 8.16. The van der Waals surface area contributed by atoms with Gasteiger partial charge in [0.1, 0.15) is 0 Å². The van der Waals surface area contributed by atoms with Gasteiger partial charge in [-0.2, -0.15) is 5.10 Å². The molecular formula is C15H20BrN3O4. The number of amides is 1. The van der Waals surface area contributed by atoms with Gasteiger partial charge < -0.3 is 14.6 Å². The lowest BCUT2D eigenvalue weighted by Crippen LogP contribution is -2.42. The van der Waals surface area contributed by atoms with Crippen molar-refractivity contribution in [1.29, 1.82) is 0 Å². The molecule has 1 aromatic rings. The minimum Gasteiger partial charge on any atom is -0.504 e. The molecule has 1 aromatic carbocycles. The number of nitrogens with zero attached hydrogens (tertiary/aromatic N) is 2. The molecule has 1 heterocycles. The molecule has 0 bridgehead atoms. The molecule has 2 rings (SSSR count). The maximum Gasteiger partial charge on any atom is 0.254 e. The summed E-state index contributed by atoms with van der Waals surface area (Å²) in [5, 5.41) is 13.7. The number of nitrogens with one attached hydrogen (secondary N) is 1. The molecule has 0 spiro atoms. The number of benzene rings is 1. The van der Waals surface area contributed by atoms with Crippen molar-refractivity contribution in [3.05, 3.63) is 22.2 Å². The summed E-state index contributed by atoms with van der Waals surface area (Å²) in [4.78, 5) is 13.8. The third-order valence-corrected chi connectivity index (χ3v) is 3.93. The zero-order chi connectivity index (χ0) is 16.7. The number of aromatic hydroxyl groups is 1. The van der Waals surface area contributed by atoms with Gasteiger partial charge in [-0.05, 0) is 35.0 Å². The van der Waals surface area contributed by atoms with Crippen LogP contribution in [-0.2, 0) is 9.53 Å². The molecule has 0 radical (unpaired) electrons. The number of halogens is 1. The molecule has 23 heavy (non-hydrogen) atoms. The van der Waals surface area contributed by atoms with Crippen LogP contribution in [0.2, 0.25) is 0 Å². The monoisotopic (exact) mass is 385 g/mol. The van der Waals surface area contributed by atoms with Crippen LogP contribution >= 0.6 is 15.9 Å². The summed E-state index contributed by atoms with van der Waals surface area (Å²) in [6.07, 6.45) is 1.50. The quantitative estimate of drug-likeness (QED) is 0.570. The number of rotatable bonds is 6. The minimum absolute atomic E-state index is 0.0484. The Bertz CT molecular complexity index is 574. The van der Waals surface area contributed by atoms with Crippen LogP contribution < -0.4 is 10.2 Å². The van der Waals surface area contributed by atoms with Crippen molar-refractivity contribution in [2.45, 2.75) is 6.92 Å². The van der Waals surface area contributed by atoms with Crippen molar-refractivity contribution in [2.75, 3.05) is 39.5 Å². The summed E-state index contributed by atoms with van der Waals surface area (Å²) >= 11 is 3.34. The lowest BCUT2D eigenvalue weighted by molar-refractivity contribution is -0.123. The zero-order valence-electron chi connectivity index (χ0n) is 12.9. The molecule has 7 nitrogen and oxygen atoms in total. The molecule has 1 saturated heterocycles. The summed E-state index contributed by atoms with van der Waals surface area (Å²) in [6.45, 7) is 5.37. The zero-order valence-corrected chi connectivity index (χ0v) is 14.5. The lowest BCUT2D eigenvalue weighted by Gasteiger charge is -2.25. The second-order valence-corrected chi connectivity index (χ2v) is 5.81. The van der Waals surface area contributed by atoms with Crippen LogP contribution in [0.1, 0.15) is 12.5 Å². The van der Waals surface area contributed by atoms with Gasteiger partial charge in [0.2, 0.25) is 0 Å². The smallest absolute Gasteiger partial charge is 0.254 e. The van der Waals surface area contributed by atoms with Gasteiger partial charge in [-0.1, -0.05) is 0 Å². The number of hydrogen-bond donors (Lipinski definition) is 2. The van der Waals surface area contributed by atoms with Crippen molar-refractivity contribution in [3.63, 3.8) is 0 Å². The van der Waals surface area contributed by atoms with Gasteiger partial charge in [0.05, 0.1) is 32.6 Å². The van der Waals surface area contributed by atoms with E-state index in [9.17, 15) is 9.90 Å². The molecule has 0 aromatic heterocycles. The Hall–Kier alpha value is -1.64. The molecule has 126 valence electrons. The third kappa shape index (κ3) is 5.49. The Labute approximate surface area is 143 Å². The van der Waals surface area contributed by atoms with Gasteiger partial charge in [-0.25, -0.2) is 5.43 Å². The molecule has 1 aliphatic rings. The molecule has 0 unspecified atom stereocenters. The number of ether oxygens (including phenoxy) is 2. The number of hydrazone groups is 1. The fourth-order valence-corrected chi connectivity index (χ4v) is 2.53. The number of morpholine rings is 1. The maximum absolute atomic E-state index is 11.8. The Balaban J connectivity index is 1.91. The SMILES string of the molecule is CCOc1cc(C=NNC(=O)CN2CCOCC2)c(Br)cc1O. The van der Waals surface area contributed by atoms with E-state index in [-0.39, 0.29) is 11.7 Å². The highest BCUT2D eigenvalue weighted by molar-refractivity contribution is 9.10. The van der Waals surface area contributed by atoms with E-state index in [1.165, 1.54) is 12.3 Å². The van der Waals surface area contributed by atoms with Crippen molar-refractivity contribution < 1.29 is 19.4 Å². The largest absolute Gasteiger partial charge is 0.504 e. The summed E-state index contributed by atoms with van der Waals surface area (Å²) in [5.41, 5.74) is 3.19. The van der Waals surface area contributed by atoms with Gasteiger partial charge in [0.15, 0.2) is 11.5 Å². The van der Waals surface area contributed by atoms with E-state index in [0.29, 0.717) is 42.2 Å².